The van der Waals surface area contributed by atoms with E-state index < -0.39 is 5.60 Å². The lowest BCUT2D eigenvalue weighted by atomic mass is 10.2. The Kier molecular flexibility index (Phi) is 12.5. The Labute approximate surface area is 204 Å². The van der Waals surface area contributed by atoms with Crippen LogP contribution in [0.25, 0.3) is 0 Å². The van der Waals surface area contributed by atoms with E-state index in [1.54, 1.807) is 4.90 Å². The number of rotatable bonds is 7. The van der Waals surface area contributed by atoms with E-state index in [0.717, 1.165) is 65.1 Å². The van der Waals surface area contributed by atoms with Crippen molar-refractivity contribution in [1.82, 2.24) is 25.3 Å². The van der Waals surface area contributed by atoms with Crippen LogP contribution in [0.3, 0.4) is 0 Å². The van der Waals surface area contributed by atoms with Gasteiger partial charge in [0.2, 0.25) is 5.91 Å². The van der Waals surface area contributed by atoms with Crippen LogP contribution in [-0.2, 0) is 9.53 Å². The maximum atomic E-state index is 12.2. The minimum absolute atomic E-state index is 0. The third-order valence-electron chi connectivity index (χ3n) is 5.14. The molecule has 0 aromatic heterocycles. The van der Waals surface area contributed by atoms with Gasteiger partial charge in [-0.3, -0.25) is 9.69 Å². The van der Waals surface area contributed by atoms with E-state index in [0.29, 0.717) is 19.0 Å². The van der Waals surface area contributed by atoms with Gasteiger partial charge >= 0.3 is 6.09 Å². The van der Waals surface area contributed by atoms with Crippen molar-refractivity contribution < 1.29 is 14.3 Å². The van der Waals surface area contributed by atoms with E-state index in [-0.39, 0.29) is 42.5 Å². The average Bonchev–Trinajstić information content (AvgIpc) is 3.23. The quantitative estimate of drug-likeness (QED) is 0.217. The molecule has 2 aliphatic rings. The molecule has 0 aromatic carbocycles. The molecule has 2 rings (SSSR count). The van der Waals surface area contributed by atoms with Gasteiger partial charge in [-0.15, -0.1) is 24.0 Å². The lowest BCUT2D eigenvalue weighted by Crippen LogP contribution is -2.50. The molecule has 0 atom stereocenters. The van der Waals surface area contributed by atoms with Gasteiger partial charge in [-0.1, -0.05) is 0 Å². The highest BCUT2D eigenvalue weighted by Gasteiger charge is 2.25. The maximum absolute atomic E-state index is 12.2. The number of aliphatic imine (C=N–C) groups is 1. The lowest BCUT2D eigenvalue weighted by Gasteiger charge is -2.35. The molecule has 2 heterocycles. The van der Waals surface area contributed by atoms with E-state index in [2.05, 4.69) is 20.5 Å². The summed E-state index contributed by atoms with van der Waals surface area (Å²) in [6, 6.07) is 0. The Bertz CT molecular complexity index is 582. The number of ether oxygens (including phenoxy) is 1. The van der Waals surface area contributed by atoms with Crippen molar-refractivity contribution in [3.8, 4) is 0 Å². The molecule has 0 aromatic rings. The number of carbonyl (C=O) groups is 2. The number of halogens is 1. The van der Waals surface area contributed by atoms with Gasteiger partial charge in [0, 0.05) is 52.4 Å². The molecule has 10 heteroatoms. The molecule has 0 unspecified atom stereocenters. The highest BCUT2D eigenvalue weighted by molar-refractivity contribution is 14.0. The lowest BCUT2D eigenvalue weighted by molar-refractivity contribution is -0.128. The van der Waals surface area contributed by atoms with E-state index in [1.807, 2.05) is 32.6 Å². The molecule has 0 spiro atoms. The number of nitrogens with one attached hydrogen (secondary N) is 2. The molecule has 0 aliphatic carbocycles. The Hall–Kier alpha value is -1.30. The molecule has 180 valence electrons. The largest absolute Gasteiger partial charge is 0.444 e. The minimum atomic E-state index is -0.454. The smallest absolute Gasteiger partial charge is 0.410 e. The number of likely N-dealkylation sites (tertiary alicyclic amines) is 1. The molecule has 31 heavy (non-hydrogen) atoms. The molecule has 2 aliphatic heterocycles. The molecule has 2 N–H and O–H groups in total. The SMILES string of the molecule is CCNC(=NCC(=O)N1CCCC1)NCCCN1CCN(C(=O)OC(C)(C)C)CC1.I. The van der Waals surface area contributed by atoms with Crippen LogP contribution in [0.5, 0.6) is 0 Å². The molecule has 0 bridgehead atoms. The molecular formula is C21H41IN6O3. The summed E-state index contributed by atoms with van der Waals surface area (Å²) in [7, 11) is 0. The number of carbonyl (C=O) groups excluding carboxylic acids is 2. The first-order valence-corrected chi connectivity index (χ1v) is 11.3. The molecule has 2 fully saturated rings. The minimum Gasteiger partial charge on any atom is -0.444 e. The van der Waals surface area contributed by atoms with Gasteiger partial charge in [0.15, 0.2) is 5.96 Å². The summed E-state index contributed by atoms with van der Waals surface area (Å²) in [6.45, 7) is 15.2. The van der Waals surface area contributed by atoms with Crippen molar-refractivity contribution in [2.24, 2.45) is 4.99 Å². The van der Waals surface area contributed by atoms with Crippen molar-refractivity contribution in [3.05, 3.63) is 0 Å². The van der Waals surface area contributed by atoms with Gasteiger partial charge in [-0.25, -0.2) is 9.79 Å². The van der Waals surface area contributed by atoms with Gasteiger partial charge in [0.05, 0.1) is 0 Å². The number of guanidine groups is 1. The zero-order chi connectivity index (χ0) is 22.0. The van der Waals surface area contributed by atoms with Crippen LogP contribution in [0.15, 0.2) is 4.99 Å². The van der Waals surface area contributed by atoms with Crippen LogP contribution in [0.4, 0.5) is 4.79 Å². The van der Waals surface area contributed by atoms with E-state index in [1.165, 1.54) is 0 Å². The molecular weight excluding hydrogens is 511 g/mol. The Morgan fingerprint density at radius 1 is 0.968 bits per heavy atom. The molecule has 0 saturated carbocycles. The Morgan fingerprint density at radius 3 is 2.19 bits per heavy atom. The van der Waals surface area contributed by atoms with Crippen LogP contribution < -0.4 is 10.6 Å². The van der Waals surface area contributed by atoms with Gasteiger partial charge < -0.3 is 25.2 Å². The summed E-state index contributed by atoms with van der Waals surface area (Å²) in [5, 5.41) is 6.52. The zero-order valence-corrected chi connectivity index (χ0v) is 21.9. The fourth-order valence-corrected chi connectivity index (χ4v) is 3.54. The fraction of sp³-hybridized carbons (Fsp3) is 0.857. The summed E-state index contributed by atoms with van der Waals surface area (Å²) in [6.07, 6.45) is 2.94. The monoisotopic (exact) mass is 552 g/mol. The normalized spacial score (nSPS) is 17.9. The van der Waals surface area contributed by atoms with Gasteiger partial charge in [-0.2, -0.15) is 0 Å². The van der Waals surface area contributed by atoms with Gasteiger partial charge in [-0.05, 0) is 53.5 Å². The Morgan fingerprint density at radius 2 is 1.61 bits per heavy atom. The number of amides is 2. The second kappa shape index (κ2) is 14.0. The first kappa shape index (κ1) is 27.7. The fourth-order valence-electron chi connectivity index (χ4n) is 3.54. The van der Waals surface area contributed by atoms with E-state index in [4.69, 9.17) is 4.74 Å². The van der Waals surface area contributed by atoms with Crippen molar-refractivity contribution in [2.45, 2.75) is 52.6 Å². The predicted molar refractivity (Wildman–Crippen MR) is 134 cm³/mol. The molecule has 2 saturated heterocycles. The van der Waals surface area contributed by atoms with Crippen molar-refractivity contribution in [2.75, 3.05) is 65.4 Å². The first-order valence-electron chi connectivity index (χ1n) is 11.3. The zero-order valence-electron chi connectivity index (χ0n) is 19.6. The Balaban J connectivity index is 0.00000480. The summed E-state index contributed by atoms with van der Waals surface area (Å²) in [5.41, 5.74) is -0.454. The average molecular weight is 553 g/mol. The van der Waals surface area contributed by atoms with Crippen molar-refractivity contribution >= 4 is 41.9 Å². The third kappa shape index (κ3) is 10.7. The molecule has 2 amide bonds. The van der Waals surface area contributed by atoms with Crippen LogP contribution in [0.2, 0.25) is 0 Å². The van der Waals surface area contributed by atoms with Crippen LogP contribution in [-0.4, -0.2) is 104 Å². The van der Waals surface area contributed by atoms with Crippen molar-refractivity contribution in [3.63, 3.8) is 0 Å². The third-order valence-corrected chi connectivity index (χ3v) is 5.14. The number of hydrogen-bond acceptors (Lipinski definition) is 5. The summed E-state index contributed by atoms with van der Waals surface area (Å²) >= 11 is 0. The highest BCUT2D eigenvalue weighted by atomic mass is 127. The van der Waals surface area contributed by atoms with Gasteiger partial charge in [0.25, 0.3) is 0 Å². The second-order valence-corrected chi connectivity index (χ2v) is 8.87. The summed E-state index contributed by atoms with van der Waals surface area (Å²) in [4.78, 5) is 34.8. The molecule has 9 nitrogen and oxygen atoms in total. The number of hydrogen-bond donors (Lipinski definition) is 2. The van der Waals surface area contributed by atoms with Crippen molar-refractivity contribution in [1.29, 1.82) is 0 Å². The van der Waals surface area contributed by atoms with E-state index in [9.17, 15) is 9.59 Å². The number of nitrogens with zero attached hydrogens (tertiary/aromatic N) is 4. The first-order chi connectivity index (χ1) is 14.3. The standard InChI is InChI=1S/C21H40N6O3.HI/c1-5-22-19(24-17-18(28)26-11-6-7-12-26)23-9-8-10-25-13-15-27(16-14-25)20(29)30-21(2,3)4;/h5-17H2,1-4H3,(H2,22,23,24);1H. The van der Waals surface area contributed by atoms with E-state index >= 15 is 0 Å². The second-order valence-electron chi connectivity index (χ2n) is 8.87. The number of piperazine rings is 1. The van der Waals surface area contributed by atoms with Crippen LogP contribution in [0.1, 0.15) is 47.0 Å². The topological polar surface area (TPSA) is 89.5 Å². The highest BCUT2D eigenvalue weighted by Crippen LogP contribution is 2.12. The molecule has 0 radical (unpaired) electrons. The van der Waals surface area contributed by atoms with Crippen LogP contribution in [0, 0.1) is 0 Å². The maximum Gasteiger partial charge on any atom is 0.410 e. The van der Waals surface area contributed by atoms with Crippen LogP contribution >= 0.6 is 24.0 Å². The summed E-state index contributed by atoms with van der Waals surface area (Å²) < 4.78 is 5.44. The predicted octanol–water partition coefficient (Wildman–Crippen LogP) is 1.72. The summed E-state index contributed by atoms with van der Waals surface area (Å²) in [5.74, 6) is 0.798. The van der Waals surface area contributed by atoms with Gasteiger partial charge in [0.1, 0.15) is 12.1 Å².